The lowest BCUT2D eigenvalue weighted by atomic mass is 10.2. The fourth-order valence-corrected chi connectivity index (χ4v) is 4.19. The minimum atomic E-state index is -0.231. The number of nitrogens with one attached hydrogen (secondary N) is 1. The molecule has 1 aliphatic rings. The van der Waals surface area contributed by atoms with E-state index in [4.69, 9.17) is 0 Å². The number of amides is 2. The normalized spacial score (nSPS) is 16.6. The van der Waals surface area contributed by atoms with Crippen LogP contribution in [0, 0.1) is 0 Å². The van der Waals surface area contributed by atoms with Gasteiger partial charge < -0.3 is 10.2 Å². The maximum absolute atomic E-state index is 12.6. The van der Waals surface area contributed by atoms with E-state index in [9.17, 15) is 9.59 Å². The molecule has 0 aliphatic carbocycles. The Morgan fingerprint density at radius 3 is 2.96 bits per heavy atom. The molecule has 0 saturated carbocycles. The summed E-state index contributed by atoms with van der Waals surface area (Å²) < 4.78 is 1.52. The van der Waals surface area contributed by atoms with Gasteiger partial charge in [-0.05, 0) is 25.0 Å². The topological polar surface area (TPSA) is 111 Å². The van der Waals surface area contributed by atoms with Gasteiger partial charge in [-0.3, -0.25) is 9.59 Å². The van der Waals surface area contributed by atoms with Crippen molar-refractivity contribution in [3.05, 3.63) is 40.7 Å². The number of nitrogens with zero attached hydrogens (tertiary/aromatic N) is 7. The summed E-state index contributed by atoms with van der Waals surface area (Å²) in [5.74, 6) is 0.176. The van der Waals surface area contributed by atoms with Crippen LogP contribution in [0.4, 0.5) is 5.82 Å². The first-order valence-corrected chi connectivity index (χ1v) is 9.31. The van der Waals surface area contributed by atoms with Gasteiger partial charge in [0.2, 0.25) is 5.91 Å². The Hall–Kier alpha value is -3.08. The van der Waals surface area contributed by atoms with Crippen molar-refractivity contribution in [1.29, 1.82) is 0 Å². The highest BCUT2D eigenvalue weighted by Crippen LogP contribution is 2.36. The zero-order valence-electron chi connectivity index (χ0n) is 14.6. The largest absolute Gasteiger partial charge is 0.333 e. The molecule has 3 aromatic heterocycles. The highest BCUT2D eigenvalue weighted by atomic mass is 32.1. The first-order valence-electron chi connectivity index (χ1n) is 8.49. The third-order valence-corrected chi connectivity index (χ3v) is 5.54. The molecule has 4 rings (SSSR count). The van der Waals surface area contributed by atoms with Gasteiger partial charge in [-0.2, -0.15) is 15.0 Å². The highest BCUT2D eigenvalue weighted by molar-refractivity contribution is 7.14. The number of carbonyl (C=O) groups excluding carboxylic acids is 2. The lowest BCUT2D eigenvalue weighted by Gasteiger charge is -2.23. The van der Waals surface area contributed by atoms with Crippen molar-refractivity contribution in [2.45, 2.75) is 25.4 Å². The fraction of sp³-hybridized carbons (Fsp3) is 0.375. The molecule has 1 saturated heterocycles. The van der Waals surface area contributed by atoms with Crippen LogP contribution in [0.15, 0.2) is 31.0 Å². The Bertz CT molecular complexity index is 947. The predicted molar refractivity (Wildman–Crippen MR) is 97.0 cm³/mol. The zero-order chi connectivity index (χ0) is 18.8. The van der Waals surface area contributed by atoms with Crippen molar-refractivity contribution in [1.82, 2.24) is 34.7 Å². The molecule has 0 aromatic carbocycles. The maximum Gasteiger partial charge on any atom is 0.266 e. The Labute approximate surface area is 158 Å². The second-order valence-corrected chi connectivity index (χ2v) is 7.33. The number of aromatic nitrogens is 6. The smallest absolute Gasteiger partial charge is 0.266 e. The van der Waals surface area contributed by atoms with Gasteiger partial charge in [0.25, 0.3) is 5.91 Å². The van der Waals surface area contributed by atoms with Gasteiger partial charge in [0.15, 0.2) is 5.82 Å². The third kappa shape index (κ3) is 3.72. The first-order chi connectivity index (χ1) is 13.1. The van der Waals surface area contributed by atoms with Crippen LogP contribution in [0.5, 0.6) is 0 Å². The number of aryl methyl sites for hydroxylation is 1. The SMILES string of the molecule is Cn1ncc(NC(=O)c2ccc(C3CCCN3C(=O)Cn3cncn3)s2)n1. The van der Waals surface area contributed by atoms with Gasteiger partial charge in [0.05, 0.1) is 17.1 Å². The molecule has 1 N–H and O–H groups in total. The van der Waals surface area contributed by atoms with Crippen LogP contribution >= 0.6 is 11.3 Å². The summed E-state index contributed by atoms with van der Waals surface area (Å²) in [6, 6.07) is 3.69. The molecule has 4 heterocycles. The maximum atomic E-state index is 12.6. The average molecular weight is 386 g/mol. The molecule has 3 aromatic rings. The summed E-state index contributed by atoms with van der Waals surface area (Å²) in [5.41, 5.74) is 0. The lowest BCUT2D eigenvalue weighted by molar-refractivity contribution is -0.132. The van der Waals surface area contributed by atoms with E-state index in [0.29, 0.717) is 17.2 Å². The number of likely N-dealkylation sites (tertiary alicyclic amines) is 1. The van der Waals surface area contributed by atoms with E-state index >= 15 is 0 Å². The minimum absolute atomic E-state index is 0.00182. The van der Waals surface area contributed by atoms with Gasteiger partial charge in [0.1, 0.15) is 19.2 Å². The number of anilines is 1. The van der Waals surface area contributed by atoms with Crippen molar-refractivity contribution in [3.63, 3.8) is 0 Å². The standard InChI is InChI=1S/C16H18N8O2S/c1-22-18-7-14(21-22)20-16(26)13-5-4-12(27-13)11-3-2-6-24(11)15(25)8-23-10-17-9-19-23/h4-5,7,9-11H,2-3,6,8H2,1H3,(H,20,21,26). The zero-order valence-corrected chi connectivity index (χ0v) is 15.5. The molecule has 10 nitrogen and oxygen atoms in total. The van der Waals surface area contributed by atoms with Gasteiger partial charge in [-0.25, -0.2) is 9.67 Å². The van der Waals surface area contributed by atoms with Crippen LogP contribution in [0.1, 0.15) is 33.4 Å². The fourth-order valence-electron chi connectivity index (χ4n) is 3.14. The second-order valence-electron chi connectivity index (χ2n) is 6.21. The van der Waals surface area contributed by atoms with Gasteiger partial charge in [-0.1, -0.05) is 0 Å². The Morgan fingerprint density at radius 1 is 1.33 bits per heavy atom. The van der Waals surface area contributed by atoms with Crippen LogP contribution in [-0.4, -0.2) is 53.0 Å². The van der Waals surface area contributed by atoms with Crippen molar-refractivity contribution in [3.8, 4) is 0 Å². The molecule has 1 unspecified atom stereocenters. The number of hydrogen-bond donors (Lipinski definition) is 1. The quantitative estimate of drug-likeness (QED) is 0.703. The summed E-state index contributed by atoms with van der Waals surface area (Å²) in [7, 11) is 1.68. The molecule has 1 fully saturated rings. The van der Waals surface area contributed by atoms with E-state index in [-0.39, 0.29) is 24.4 Å². The van der Waals surface area contributed by atoms with Crippen molar-refractivity contribution < 1.29 is 9.59 Å². The summed E-state index contributed by atoms with van der Waals surface area (Å²) in [4.78, 5) is 33.7. The molecule has 0 spiro atoms. The highest BCUT2D eigenvalue weighted by Gasteiger charge is 2.31. The Kier molecular flexibility index (Phi) is 4.67. The van der Waals surface area contributed by atoms with Crippen LogP contribution in [0.2, 0.25) is 0 Å². The van der Waals surface area contributed by atoms with E-state index in [1.54, 1.807) is 13.1 Å². The number of hydrogen-bond acceptors (Lipinski definition) is 7. The molecular formula is C16H18N8O2S. The summed E-state index contributed by atoms with van der Waals surface area (Å²) in [5, 5.41) is 14.7. The third-order valence-electron chi connectivity index (χ3n) is 4.36. The molecule has 0 bridgehead atoms. The Morgan fingerprint density at radius 2 is 2.22 bits per heavy atom. The van der Waals surface area contributed by atoms with Gasteiger partial charge in [-0.15, -0.1) is 16.4 Å². The van der Waals surface area contributed by atoms with Crippen molar-refractivity contribution >= 4 is 29.0 Å². The van der Waals surface area contributed by atoms with E-state index in [1.165, 1.54) is 39.7 Å². The molecule has 2 amide bonds. The molecular weight excluding hydrogens is 368 g/mol. The van der Waals surface area contributed by atoms with Gasteiger partial charge in [0, 0.05) is 18.5 Å². The molecule has 140 valence electrons. The summed E-state index contributed by atoms with van der Waals surface area (Å²) in [6.45, 7) is 0.874. The molecule has 1 aliphatic heterocycles. The lowest BCUT2D eigenvalue weighted by Crippen LogP contribution is -2.33. The van der Waals surface area contributed by atoms with Crippen molar-refractivity contribution in [2.24, 2.45) is 7.05 Å². The van der Waals surface area contributed by atoms with Crippen molar-refractivity contribution in [2.75, 3.05) is 11.9 Å². The first kappa shape index (κ1) is 17.3. The molecule has 27 heavy (non-hydrogen) atoms. The average Bonchev–Trinajstić information content (AvgIpc) is 3.42. The number of rotatable bonds is 5. The molecule has 0 radical (unpaired) electrons. The van der Waals surface area contributed by atoms with Crippen LogP contribution < -0.4 is 5.32 Å². The number of thiophene rings is 1. The van der Waals surface area contributed by atoms with Gasteiger partial charge >= 0.3 is 0 Å². The van der Waals surface area contributed by atoms with E-state index < -0.39 is 0 Å². The van der Waals surface area contributed by atoms with E-state index in [1.807, 2.05) is 11.0 Å². The van der Waals surface area contributed by atoms with E-state index in [2.05, 4.69) is 25.6 Å². The van der Waals surface area contributed by atoms with E-state index in [0.717, 1.165) is 17.7 Å². The molecule has 11 heteroatoms. The number of carbonyl (C=O) groups is 2. The second kappa shape index (κ2) is 7.27. The predicted octanol–water partition coefficient (Wildman–Crippen LogP) is 1.08. The Balaban J connectivity index is 1.45. The molecule has 1 atom stereocenters. The monoisotopic (exact) mass is 386 g/mol. The van der Waals surface area contributed by atoms with Crippen LogP contribution in [-0.2, 0) is 18.4 Å². The summed E-state index contributed by atoms with van der Waals surface area (Å²) in [6.07, 6.45) is 6.26. The van der Waals surface area contributed by atoms with Crippen LogP contribution in [0.3, 0.4) is 0 Å². The summed E-state index contributed by atoms with van der Waals surface area (Å²) >= 11 is 1.40. The minimum Gasteiger partial charge on any atom is -0.333 e. The van der Waals surface area contributed by atoms with Crippen LogP contribution in [0.25, 0.3) is 0 Å².